The average molecular weight is 672 g/mol. The maximum absolute atomic E-state index is 13.2. The van der Waals surface area contributed by atoms with Crippen LogP contribution in [-0.4, -0.2) is 94.3 Å². The number of rotatable bonds is 8. The molecule has 2 atom stereocenters. The number of hydrogen-bond acceptors (Lipinski definition) is 10. The average Bonchev–Trinajstić information content (AvgIpc) is 3.05. The number of methoxy groups -OCH3 is 3. The lowest BCUT2D eigenvalue weighted by atomic mass is 9.94. The fraction of sp³-hybridized carbons (Fsp3) is 0.500. The molecule has 1 aliphatic rings. The number of nitrogens with zero attached hydrogens (tertiary/aromatic N) is 1. The zero-order chi connectivity index (χ0) is 36.0. The van der Waals surface area contributed by atoms with Crippen LogP contribution in [0.4, 0.5) is 4.79 Å². The second kappa shape index (κ2) is 18.5. The third kappa shape index (κ3) is 11.4. The van der Waals surface area contributed by atoms with Crippen LogP contribution in [0.15, 0.2) is 36.4 Å². The molecule has 0 saturated carbocycles. The van der Waals surface area contributed by atoms with E-state index in [9.17, 15) is 24.0 Å². The number of unbranched alkanes of at least 4 members (excludes halogenated alkanes) is 1. The number of carbonyl (C=O) groups is 5. The van der Waals surface area contributed by atoms with Crippen LogP contribution in [0.1, 0.15) is 57.7 Å². The predicted octanol–water partition coefficient (Wildman–Crippen LogP) is 2.47. The van der Waals surface area contributed by atoms with Crippen molar-refractivity contribution < 1.29 is 42.9 Å². The Morgan fingerprint density at radius 2 is 1.62 bits per heavy atom. The van der Waals surface area contributed by atoms with Crippen molar-refractivity contribution in [1.29, 1.82) is 0 Å². The smallest absolute Gasteiger partial charge is 0.407 e. The lowest BCUT2D eigenvalue weighted by Gasteiger charge is -2.28. The van der Waals surface area contributed by atoms with Crippen LogP contribution in [0.5, 0.6) is 11.5 Å². The van der Waals surface area contributed by atoms with Gasteiger partial charge < -0.3 is 45.5 Å². The number of carbonyl (C=O) groups excluding carboxylic acids is 5. The van der Waals surface area contributed by atoms with Gasteiger partial charge in [-0.2, -0.15) is 0 Å². The molecule has 0 saturated heterocycles. The second-order valence-corrected chi connectivity index (χ2v) is 12.0. The molecular formula is C34H49N5O9. The summed E-state index contributed by atoms with van der Waals surface area (Å²) in [5.41, 5.74) is 7.60. The van der Waals surface area contributed by atoms with Crippen molar-refractivity contribution in [3.63, 3.8) is 0 Å². The van der Waals surface area contributed by atoms with Crippen molar-refractivity contribution in [2.24, 2.45) is 5.73 Å². The Labute approximate surface area is 282 Å². The largest absolute Gasteiger partial charge is 0.496 e. The van der Waals surface area contributed by atoms with Crippen LogP contribution in [-0.2, 0) is 35.1 Å². The van der Waals surface area contributed by atoms with Crippen molar-refractivity contribution in [1.82, 2.24) is 20.9 Å². The molecule has 1 heterocycles. The number of nitrogens with one attached hydrogen (secondary N) is 3. The van der Waals surface area contributed by atoms with E-state index in [1.54, 1.807) is 30.3 Å². The molecule has 2 unspecified atom stereocenters. The number of hydrogen-bond donors (Lipinski definition) is 4. The molecule has 14 heteroatoms. The topological polar surface area (TPSA) is 188 Å². The van der Waals surface area contributed by atoms with Gasteiger partial charge in [0, 0.05) is 31.1 Å². The molecule has 0 radical (unpaired) electrons. The molecule has 2 aromatic rings. The summed E-state index contributed by atoms with van der Waals surface area (Å²) in [6, 6.07) is 8.35. The van der Waals surface area contributed by atoms with Gasteiger partial charge in [0.05, 0.1) is 34.4 Å². The molecule has 3 rings (SSSR count). The fourth-order valence-electron chi connectivity index (χ4n) is 4.80. The Balaban J connectivity index is 0.000000567. The van der Waals surface area contributed by atoms with E-state index in [2.05, 4.69) is 22.9 Å². The molecule has 1 aliphatic heterocycles. The monoisotopic (exact) mass is 671 g/mol. The van der Waals surface area contributed by atoms with Gasteiger partial charge in [-0.1, -0.05) is 25.5 Å². The molecule has 264 valence electrons. The van der Waals surface area contributed by atoms with Gasteiger partial charge in [0.15, 0.2) is 0 Å². The summed E-state index contributed by atoms with van der Waals surface area (Å²) in [6.45, 7) is 7.62. The Hall–Kier alpha value is -4.85. The van der Waals surface area contributed by atoms with Crippen LogP contribution in [0.3, 0.4) is 0 Å². The van der Waals surface area contributed by atoms with Crippen LogP contribution >= 0.6 is 0 Å². The highest BCUT2D eigenvalue weighted by Crippen LogP contribution is 2.39. The SMILES string of the molecule is CCCCNC(=O)OC(C)(C)C.COC(=O)C1Cc2ccc(OC)c(c2)-c2cc(ccc2OC)C(N(C)C(=O)CN)C(=O)NCC(=O)N1. The van der Waals surface area contributed by atoms with Crippen molar-refractivity contribution in [2.75, 3.05) is 48.0 Å². The van der Waals surface area contributed by atoms with Crippen molar-refractivity contribution in [2.45, 2.75) is 64.6 Å². The number of fused-ring (bicyclic) bond motifs is 5. The normalized spacial score (nSPS) is 16.0. The standard InChI is InChI=1S/C25H30N4O7.C9H19NO2/c1-29(22(31)12-26)23-15-6-8-20(35-3)17(11-15)16-9-14(5-7-19(16)34-2)10-18(25(33)36-4)28-21(30)13-27-24(23)32;1-5-6-7-10-8(11)12-9(2,3)4/h5-9,11,18,23H,10,12-13,26H2,1-4H3,(H,27,32)(H,28,30);5-7H2,1-4H3,(H,10,11). The summed E-state index contributed by atoms with van der Waals surface area (Å²) >= 11 is 0. The van der Waals surface area contributed by atoms with Gasteiger partial charge in [-0.15, -0.1) is 0 Å². The summed E-state index contributed by atoms with van der Waals surface area (Å²) in [5.74, 6) is -1.27. The maximum atomic E-state index is 13.2. The highest BCUT2D eigenvalue weighted by molar-refractivity contribution is 5.93. The quantitative estimate of drug-likeness (QED) is 0.240. The van der Waals surface area contributed by atoms with E-state index in [1.165, 1.54) is 33.3 Å². The van der Waals surface area contributed by atoms with Gasteiger partial charge in [-0.3, -0.25) is 14.4 Å². The zero-order valence-corrected chi connectivity index (χ0v) is 29.1. The molecule has 48 heavy (non-hydrogen) atoms. The van der Waals surface area contributed by atoms with E-state index < -0.39 is 47.9 Å². The third-order valence-corrected chi connectivity index (χ3v) is 7.18. The molecule has 0 aromatic heterocycles. The first-order chi connectivity index (χ1) is 22.7. The highest BCUT2D eigenvalue weighted by atomic mass is 16.6. The number of likely N-dealkylation sites (N-methyl/N-ethyl adjacent to an activating group) is 1. The predicted molar refractivity (Wildman–Crippen MR) is 179 cm³/mol. The summed E-state index contributed by atoms with van der Waals surface area (Å²) in [7, 11) is 5.73. The van der Waals surface area contributed by atoms with Crippen LogP contribution in [0.2, 0.25) is 0 Å². The lowest BCUT2D eigenvalue weighted by molar-refractivity contribution is -0.145. The number of ether oxygens (including phenoxy) is 4. The van der Waals surface area contributed by atoms with Gasteiger partial charge in [0.1, 0.15) is 29.2 Å². The van der Waals surface area contributed by atoms with Crippen molar-refractivity contribution in [3.05, 3.63) is 47.5 Å². The first-order valence-corrected chi connectivity index (χ1v) is 15.6. The summed E-state index contributed by atoms with van der Waals surface area (Å²) in [6.07, 6.45) is 1.90. The van der Waals surface area contributed by atoms with Gasteiger partial charge in [-0.25, -0.2) is 9.59 Å². The Kier molecular flexibility index (Phi) is 15.1. The number of benzene rings is 2. The number of alkyl carbamates (subject to hydrolysis) is 1. The minimum atomic E-state index is -1.09. The Morgan fingerprint density at radius 3 is 2.19 bits per heavy atom. The molecule has 5 N–H and O–H groups in total. The number of esters is 1. The fourth-order valence-corrected chi connectivity index (χ4v) is 4.80. The minimum Gasteiger partial charge on any atom is -0.496 e. The van der Waals surface area contributed by atoms with E-state index in [-0.39, 0.29) is 19.1 Å². The van der Waals surface area contributed by atoms with Crippen LogP contribution in [0.25, 0.3) is 11.1 Å². The number of amides is 4. The Morgan fingerprint density at radius 1 is 1.00 bits per heavy atom. The van der Waals surface area contributed by atoms with E-state index in [0.717, 1.165) is 18.4 Å². The van der Waals surface area contributed by atoms with Crippen molar-refractivity contribution in [3.8, 4) is 22.6 Å². The number of nitrogens with two attached hydrogens (primary N) is 1. The zero-order valence-electron chi connectivity index (χ0n) is 29.1. The molecule has 4 bridgehead atoms. The molecule has 0 spiro atoms. The van der Waals surface area contributed by atoms with E-state index in [1.807, 2.05) is 26.8 Å². The molecule has 0 aliphatic carbocycles. The van der Waals surface area contributed by atoms with Crippen LogP contribution < -0.4 is 31.2 Å². The van der Waals surface area contributed by atoms with E-state index in [0.29, 0.717) is 34.7 Å². The van der Waals surface area contributed by atoms with Crippen LogP contribution in [0, 0.1) is 0 Å². The molecule has 0 fully saturated rings. The molecule has 4 amide bonds. The van der Waals surface area contributed by atoms with Gasteiger partial charge in [-0.05, 0) is 62.6 Å². The lowest BCUT2D eigenvalue weighted by Crippen LogP contribution is -2.49. The molecular weight excluding hydrogens is 622 g/mol. The highest BCUT2D eigenvalue weighted by Gasteiger charge is 2.31. The first kappa shape index (κ1) is 39.3. The molecule has 14 nitrogen and oxygen atoms in total. The minimum absolute atomic E-state index is 0.141. The maximum Gasteiger partial charge on any atom is 0.407 e. The van der Waals surface area contributed by atoms with Crippen molar-refractivity contribution >= 4 is 29.8 Å². The molecule has 2 aromatic carbocycles. The Bertz CT molecular complexity index is 1440. The van der Waals surface area contributed by atoms with Gasteiger partial charge >= 0.3 is 12.1 Å². The second-order valence-electron chi connectivity index (χ2n) is 12.0. The van der Waals surface area contributed by atoms with E-state index in [4.69, 9.17) is 24.7 Å². The summed E-state index contributed by atoms with van der Waals surface area (Å²) in [5, 5.41) is 7.83. The van der Waals surface area contributed by atoms with Gasteiger partial charge in [0.25, 0.3) is 0 Å². The summed E-state index contributed by atoms with van der Waals surface area (Å²) in [4.78, 5) is 62.9. The van der Waals surface area contributed by atoms with E-state index >= 15 is 0 Å². The third-order valence-electron chi connectivity index (χ3n) is 7.18. The summed E-state index contributed by atoms with van der Waals surface area (Å²) < 4.78 is 21.1. The first-order valence-electron chi connectivity index (χ1n) is 15.6. The van der Waals surface area contributed by atoms with Gasteiger partial charge in [0.2, 0.25) is 17.7 Å².